The maximum atomic E-state index is 12.4. The molecule has 12 heavy (non-hydrogen) atoms. The summed E-state index contributed by atoms with van der Waals surface area (Å²) in [5.74, 6) is -0.910. The minimum atomic E-state index is -0.568. The van der Waals surface area contributed by atoms with Gasteiger partial charge in [-0.2, -0.15) is 0 Å². The van der Waals surface area contributed by atoms with E-state index >= 15 is 0 Å². The third-order valence-electron chi connectivity index (χ3n) is 1.28. The van der Waals surface area contributed by atoms with Gasteiger partial charge in [-0.3, -0.25) is 4.79 Å². The van der Waals surface area contributed by atoms with Crippen LogP contribution in [0, 0.1) is 12.2 Å². The molecule has 0 aliphatic heterocycles. The number of esters is 1. The Morgan fingerprint density at radius 3 is 2.50 bits per heavy atom. The minimum Gasteiger partial charge on any atom is -0.468 e. The second-order valence-electron chi connectivity index (χ2n) is 2.12. The van der Waals surface area contributed by atoms with Crippen molar-refractivity contribution in [2.24, 2.45) is 0 Å². The molecule has 0 aliphatic rings. The van der Waals surface area contributed by atoms with Crippen LogP contribution in [-0.4, -0.2) is 13.1 Å². The molecule has 0 saturated carbocycles. The van der Waals surface area contributed by atoms with Crippen molar-refractivity contribution in [1.29, 1.82) is 0 Å². The van der Waals surface area contributed by atoms with Crippen LogP contribution >= 0.6 is 0 Å². The van der Waals surface area contributed by atoms with E-state index in [4.69, 9.17) is 0 Å². The molecule has 62 valence electrons. The molecule has 0 saturated heterocycles. The Morgan fingerprint density at radius 1 is 1.42 bits per heavy atom. The van der Waals surface area contributed by atoms with E-state index in [0.717, 1.165) is 0 Å². The van der Waals surface area contributed by atoms with Gasteiger partial charge in [0.15, 0.2) is 0 Å². The third kappa shape index (κ3) is 2.34. The molecule has 0 fully saturated rings. The highest BCUT2D eigenvalue weighted by Crippen LogP contribution is 2.05. The summed E-state index contributed by atoms with van der Waals surface area (Å²) in [5.41, 5.74) is 0.503. The van der Waals surface area contributed by atoms with Gasteiger partial charge in [-0.25, -0.2) is 4.39 Å². The van der Waals surface area contributed by atoms with Gasteiger partial charge in [-0.15, -0.1) is 0 Å². The van der Waals surface area contributed by atoms with Crippen LogP contribution in [0.5, 0.6) is 0 Å². The molecule has 0 aliphatic carbocycles. The molecular weight excluding hydrogens is 159 g/mol. The minimum absolute atomic E-state index is 0.342. The summed E-state index contributed by atoms with van der Waals surface area (Å²) in [4.78, 5) is 10.6. The Balaban J connectivity index is 2.64. The Hall–Kier alpha value is -1.38. The number of carbonyl (C=O) groups excluding carboxylic acids is 1. The maximum absolute atomic E-state index is 12.4. The number of hydrogen-bond donors (Lipinski definition) is 0. The predicted molar refractivity (Wildman–Crippen MR) is 40.8 cm³/mol. The van der Waals surface area contributed by atoms with Crippen molar-refractivity contribution >= 4 is 5.97 Å². The average molecular weight is 166 g/mol. The zero-order chi connectivity index (χ0) is 8.97. The van der Waals surface area contributed by atoms with Gasteiger partial charge in [-0.1, -0.05) is 12.1 Å². The van der Waals surface area contributed by atoms with E-state index in [1.54, 1.807) is 0 Å². The standard InChI is InChI=1S/C9H7FO2/c1-12-9(11)6-7-2-4-8(10)5-3-7/h2-5H,1H3. The van der Waals surface area contributed by atoms with Gasteiger partial charge in [0.1, 0.15) is 12.2 Å². The van der Waals surface area contributed by atoms with Gasteiger partial charge in [0, 0.05) is 0 Å². The van der Waals surface area contributed by atoms with Crippen molar-refractivity contribution in [2.75, 3.05) is 7.11 Å². The Morgan fingerprint density at radius 2 is 2.00 bits per heavy atom. The second-order valence-corrected chi connectivity index (χ2v) is 2.12. The van der Waals surface area contributed by atoms with E-state index < -0.39 is 5.97 Å². The lowest BCUT2D eigenvalue weighted by atomic mass is 10.1. The highest BCUT2D eigenvalue weighted by Gasteiger charge is 2.03. The fourth-order valence-corrected chi connectivity index (χ4v) is 0.702. The number of benzene rings is 1. The summed E-state index contributed by atoms with van der Waals surface area (Å²) in [6.07, 6.45) is 2.39. The number of ether oxygens (including phenoxy) is 1. The molecule has 0 bridgehead atoms. The van der Waals surface area contributed by atoms with E-state index in [2.05, 4.69) is 11.2 Å². The first-order chi connectivity index (χ1) is 5.72. The van der Waals surface area contributed by atoms with Crippen LogP contribution in [0.4, 0.5) is 4.39 Å². The lowest BCUT2D eigenvalue weighted by molar-refractivity contribution is -0.136. The number of hydrogen-bond acceptors (Lipinski definition) is 2. The van der Waals surface area contributed by atoms with Crippen molar-refractivity contribution in [2.45, 2.75) is 0 Å². The summed E-state index contributed by atoms with van der Waals surface area (Å²) in [5, 5.41) is 0. The lowest BCUT2D eigenvalue weighted by Gasteiger charge is -1.97. The van der Waals surface area contributed by atoms with Crippen LogP contribution in [0.3, 0.4) is 0 Å². The Kier molecular flexibility index (Phi) is 2.80. The van der Waals surface area contributed by atoms with E-state index in [9.17, 15) is 9.18 Å². The van der Waals surface area contributed by atoms with Gasteiger partial charge in [-0.05, 0) is 17.7 Å². The molecule has 2 radical (unpaired) electrons. The predicted octanol–water partition coefficient (Wildman–Crippen LogP) is 1.43. The normalized spacial score (nSPS) is 9.50. The van der Waals surface area contributed by atoms with E-state index in [1.165, 1.54) is 31.4 Å². The molecular formula is C9H7FO2. The maximum Gasteiger partial charge on any atom is 0.319 e. The van der Waals surface area contributed by atoms with Crippen LogP contribution in [0.25, 0.3) is 0 Å². The van der Waals surface area contributed by atoms with Gasteiger partial charge in [0.25, 0.3) is 0 Å². The number of carbonyl (C=O) groups is 1. The summed E-state index contributed by atoms with van der Waals surface area (Å²) < 4.78 is 16.7. The van der Waals surface area contributed by atoms with Crippen LogP contribution in [0.1, 0.15) is 5.56 Å². The number of methoxy groups -OCH3 is 1. The molecule has 0 unspecified atom stereocenters. The monoisotopic (exact) mass is 166 g/mol. The summed E-state index contributed by atoms with van der Waals surface area (Å²) in [6.45, 7) is 0. The first kappa shape index (κ1) is 8.71. The highest BCUT2D eigenvalue weighted by molar-refractivity contribution is 5.83. The van der Waals surface area contributed by atoms with Crippen molar-refractivity contribution in [3.8, 4) is 0 Å². The molecule has 0 heterocycles. The van der Waals surface area contributed by atoms with Crippen molar-refractivity contribution in [3.05, 3.63) is 42.1 Å². The number of halogens is 1. The molecule has 0 atom stereocenters. The van der Waals surface area contributed by atoms with Gasteiger partial charge in [0.2, 0.25) is 0 Å². The lowest BCUT2D eigenvalue weighted by Crippen LogP contribution is -2.01. The zero-order valence-electron chi connectivity index (χ0n) is 6.50. The van der Waals surface area contributed by atoms with Crippen LogP contribution in [0.15, 0.2) is 24.3 Å². The van der Waals surface area contributed by atoms with Crippen molar-refractivity contribution in [3.63, 3.8) is 0 Å². The third-order valence-corrected chi connectivity index (χ3v) is 1.28. The van der Waals surface area contributed by atoms with Gasteiger partial charge < -0.3 is 4.74 Å². The largest absolute Gasteiger partial charge is 0.468 e. The smallest absolute Gasteiger partial charge is 0.319 e. The SMILES string of the molecule is COC(=O)[C]c1ccc(F)cc1. The van der Waals surface area contributed by atoms with Crippen LogP contribution in [-0.2, 0) is 9.53 Å². The van der Waals surface area contributed by atoms with E-state index in [0.29, 0.717) is 5.56 Å². The van der Waals surface area contributed by atoms with Crippen LogP contribution < -0.4 is 0 Å². The molecule has 1 rings (SSSR count). The number of rotatable bonds is 2. The van der Waals surface area contributed by atoms with Crippen molar-refractivity contribution in [1.82, 2.24) is 0 Å². The average Bonchev–Trinajstić information content (AvgIpc) is 2.09. The Labute approximate surface area is 70.0 Å². The van der Waals surface area contributed by atoms with E-state index in [1.807, 2.05) is 0 Å². The second kappa shape index (κ2) is 3.85. The molecule has 0 N–H and O–H groups in total. The molecule has 0 spiro atoms. The molecule has 3 heteroatoms. The molecule has 1 aromatic rings. The topological polar surface area (TPSA) is 26.3 Å². The van der Waals surface area contributed by atoms with Gasteiger partial charge in [0.05, 0.1) is 7.11 Å². The molecule has 2 nitrogen and oxygen atoms in total. The molecule has 1 aromatic carbocycles. The Bertz CT molecular complexity index is 266. The summed E-state index contributed by atoms with van der Waals surface area (Å²) in [7, 11) is 1.26. The highest BCUT2D eigenvalue weighted by atomic mass is 19.1. The first-order valence-corrected chi connectivity index (χ1v) is 3.33. The van der Waals surface area contributed by atoms with Gasteiger partial charge >= 0.3 is 5.97 Å². The fraction of sp³-hybridized carbons (Fsp3) is 0.111. The summed E-state index contributed by atoms with van der Waals surface area (Å²) in [6, 6.07) is 5.41. The first-order valence-electron chi connectivity index (χ1n) is 3.33. The van der Waals surface area contributed by atoms with E-state index in [-0.39, 0.29) is 5.82 Å². The molecule has 0 aromatic heterocycles. The molecule has 0 amide bonds. The summed E-state index contributed by atoms with van der Waals surface area (Å²) >= 11 is 0. The van der Waals surface area contributed by atoms with Crippen molar-refractivity contribution < 1.29 is 13.9 Å². The quantitative estimate of drug-likeness (QED) is 0.621. The zero-order valence-corrected chi connectivity index (χ0v) is 6.50. The van der Waals surface area contributed by atoms with Crippen LogP contribution in [0.2, 0.25) is 0 Å². The fourth-order valence-electron chi connectivity index (χ4n) is 0.702.